The first-order chi connectivity index (χ1) is 24.0. The summed E-state index contributed by atoms with van der Waals surface area (Å²) >= 11 is 0. The standard InChI is InChI=1S/C44H28O/c1-3-13-29(14-4-1)30-23-25-32(26-24-30)41-34-17-7-9-19-36(34)42(37-20-10-8-18-35(37)41)44-33(31-15-5-2-6-16-31)27-28-40-43(44)38-21-11-12-22-39(38)45-40/h1-28H/i23D,24D,25D,26D. The quantitative estimate of drug-likeness (QED) is 0.190. The van der Waals surface area contributed by atoms with Gasteiger partial charge >= 0.3 is 0 Å². The smallest absolute Gasteiger partial charge is 0.136 e. The minimum Gasteiger partial charge on any atom is -0.456 e. The highest BCUT2D eigenvalue weighted by molar-refractivity contribution is 6.27. The molecule has 0 bridgehead atoms. The molecule has 0 spiro atoms. The van der Waals surface area contributed by atoms with Crippen LogP contribution in [0.3, 0.4) is 0 Å². The largest absolute Gasteiger partial charge is 0.456 e. The maximum absolute atomic E-state index is 9.35. The number of hydrogen-bond donors (Lipinski definition) is 0. The number of rotatable bonds is 4. The first-order valence-corrected chi connectivity index (χ1v) is 15.1. The second-order valence-electron chi connectivity index (χ2n) is 11.3. The van der Waals surface area contributed by atoms with Gasteiger partial charge in [-0.25, -0.2) is 0 Å². The molecule has 0 radical (unpaired) electrons. The fraction of sp³-hybridized carbons (Fsp3) is 0. The molecule has 210 valence electrons. The molecule has 0 aliphatic heterocycles. The van der Waals surface area contributed by atoms with Gasteiger partial charge in [-0.1, -0.05) is 158 Å². The highest BCUT2D eigenvalue weighted by Gasteiger charge is 2.23. The van der Waals surface area contributed by atoms with E-state index in [-0.39, 0.29) is 24.2 Å². The van der Waals surface area contributed by atoms with Gasteiger partial charge in [0.1, 0.15) is 11.2 Å². The molecule has 0 N–H and O–H groups in total. The molecule has 8 aromatic carbocycles. The molecule has 0 saturated carbocycles. The van der Waals surface area contributed by atoms with E-state index in [0.29, 0.717) is 22.3 Å². The highest BCUT2D eigenvalue weighted by Crippen LogP contribution is 2.50. The number of hydrogen-bond acceptors (Lipinski definition) is 1. The second-order valence-corrected chi connectivity index (χ2v) is 11.3. The lowest BCUT2D eigenvalue weighted by atomic mass is 9.82. The van der Waals surface area contributed by atoms with Crippen LogP contribution in [0.4, 0.5) is 0 Å². The van der Waals surface area contributed by atoms with E-state index in [0.717, 1.165) is 65.7 Å². The molecule has 0 saturated heterocycles. The summed E-state index contributed by atoms with van der Waals surface area (Å²) < 4.78 is 43.4. The Morgan fingerprint density at radius 2 is 0.822 bits per heavy atom. The fourth-order valence-corrected chi connectivity index (χ4v) is 6.79. The molecule has 0 aliphatic carbocycles. The Balaban J connectivity index is 1.46. The van der Waals surface area contributed by atoms with Crippen molar-refractivity contribution in [2.24, 2.45) is 0 Å². The molecule has 1 nitrogen and oxygen atoms in total. The van der Waals surface area contributed by atoms with Gasteiger partial charge in [0.15, 0.2) is 0 Å². The van der Waals surface area contributed by atoms with Crippen molar-refractivity contribution in [1.82, 2.24) is 0 Å². The van der Waals surface area contributed by atoms with Crippen LogP contribution in [0.5, 0.6) is 0 Å². The topological polar surface area (TPSA) is 13.1 Å². The maximum atomic E-state index is 9.35. The third-order valence-corrected chi connectivity index (χ3v) is 8.75. The van der Waals surface area contributed by atoms with Gasteiger partial charge in [-0.05, 0) is 72.6 Å². The monoisotopic (exact) mass is 576 g/mol. The van der Waals surface area contributed by atoms with E-state index in [2.05, 4.69) is 54.6 Å². The van der Waals surface area contributed by atoms with Gasteiger partial charge in [0.2, 0.25) is 0 Å². The molecular formula is C44H28O. The molecule has 0 amide bonds. The van der Waals surface area contributed by atoms with Gasteiger partial charge < -0.3 is 4.42 Å². The van der Waals surface area contributed by atoms with Crippen molar-refractivity contribution >= 4 is 43.5 Å². The van der Waals surface area contributed by atoms with Crippen molar-refractivity contribution in [3.63, 3.8) is 0 Å². The second kappa shape index (κ2) is 10.4. The van der Waals surface area contributed by atoms with Crippen LogP contribution in [0.1, 0.15) is 5.48 Å². The Morgan fingerprint density at radius 1 is 0.333 bits per heavy atom. The lowest BCUT2D eigenvalue weighted by molar-refractivity contribution is 0.669. The normalized spacial score (nSPS) is 12.8. The van der Waals surface area contributed by atoms with E-state index in [9.17, 15) is 2.74 Å². The van der Waals surface area contributed by atoms with E-state index >= 15 is 0 Å². The summed E-state index contributed by atoms with van der Waals surface area (Å²) in [6.45, 7) is 0. The van der Waals surface area contributed by atoms with Crippen LogP contribution in [-0.4, -0.2) is 0 Å². The zero-order valence-electron chi connectivity index (χ0n) is 28.3. The van der Waals surface area contributed by atoms with Gasteiger partial charge in [0.05, 0.1) is 5.48 Å². The van der Waals surface area contributed by atoms with E-state index < -0.39 is 0 Å². The van der Waals surface area contributed by atoms with Crippen molar-refractivity contribution in [1.29, 1.82) is 0 Å². The molecule has 0 unspecified atom stereocenters. The molecule has 1 heterocycles. The van der Waals surface area contributed by atoms with Gasteiger partial charge in [0, 0.05) is 16.3 Å². The molecule has 0 fully saturated rings. The summed E-state index contributed by atoms with van der Waals surface area (Å²) in [6, 6.07) is 48.0. The molecule has 9 rings (SSSR count). The average molecular weight is 577 g/mol. The molecule has 0 atom stereocenters. The summed E-state index contributed by atoms with van der Waals surface area (Å²) in [6.07, 6.45) is 0. The Bertz CT molecular complexity index is 2660. The van der Waals surface area contributed by atoms with Gasteiger partial charge in [-0.3, -0.25) is 0 Å². The summed E-state index contributed by atoms with van der Waals surface area (Å²) in [5, 5.41) is 5.67. The van der Waals surface area contributed by atoms with Crippen molar-refractivity contribution in [2.75, 3.05) is 0 Å². The Hall–Kier alpha value is -5.92. The average Bonchev–Trinajstić information content (AvgIpc) is 3.53. The van der Waals surface area contributed by atoms with E-state index in [1.165, 1.54) is 0 Å². The number of fused-ring (bicyclic) bond motifs is 5. The lowest BCUT2D eigenvalue weighted by Gasteiger charge is -2.20. The lowest BCUT2D eigenvalue weighted by Crippen LogP contribution is -1.93. The highest BCUT2D eigenvalue weighted by atomic mass is 16.3. The summed E-state index contributed by atoms with van der Waals surface area (Å²) in [7, 11) is 0. The van der Waals surface area contributed by atoms with Crippen molar-refractivity contribution < 1.29 is 9.90 Å². The molecule has 45 heavy (non-hydrogen) atoms. The van der Waals surface area contributed by atoms with Gasteiger partial charge in [-0.2, -0.15) is 0 Å². The van der Waals surface area contributed by atoms with E-state index in [4.69, 9.17) is 7.16 Å². The van der Waals surface area contributed by atoms with Crippen LogP contribution < -0.4 is 0 Å². The fourth-order valence-electron chi connectivity index (χ4n) is 6.79. The van der Waals surface area contributed by atoms with Crippen molar-refractivity contribution in [3.8, 4) is 44.5 Å². The summed E-state index contributed by atoms with van der Waals surface area (Å²) in [5.74, 6) is 0. The van der Waals surface area contributed by atoms with Crippen LogP contribution in [0, 0.1) is 0 Å². The van der Waals surface area contributed by atoms with Crippen LogP contribution in [0.25, 0.3) is 88.0 Å². The minimum absolute atomic E-state index is 0.0552. The number of benzene rings is 8. The first kappa shape index (κ1) is 21.7. The Morgan fingerprint density at radius 3 is 1.44 bits per heavy atom. The third kappa shape index (κ3) is 4.09. The Kier molecular flexibility index (Phi) is 5.00. The molecular weight excluding hydrogens is 544 g/mol. The number of furan rings is 1. The predicted octanol–water partition coefficient (Wildman–Crippen LogP) is 12.6. The van der Waals surface area contributed by atoms with Gasteiger partial charge in [0.25, 0.3) is 0 Å². The van der Waals surface area contributed by atoms with E-state index in [1.807, 2.05) is 91.0 Å². The third-order valence-electron chi connectivity index (χ3n) is 8.75. The van der Waals surface area contributed by atoms with E-state index in [1.54, 1.807) is 0 Å². The van der Waals surface area contributed by atoms with Crippen molar-refractivity contribution in [2.45, 2.75) is 0 Å². The molecule has 0 aliphatic rings. The maximum Gasteiger partial charge on any atom is 0.136 e. The number of para-hydroxylation sites is 1. The Labute approximate surface area is 267 Å². The molecule has 1 aromatic heterocycles. The SMILES string of the molecule is [2H]c1c([2H])c(-c2c3ccccc3c(-c3c(-c4ccccc4)ccc4oc5ccccc5c34)c3ccccc23)c([2H])c([2H])c1-c1ccccc1. The zero-order valence-corrected chi connectivity index (χ0v) is 24.3. The molecule has 9 aromatic rings. The van der Waals surface area contributed by atoms with Gasteiger partial charge in [-0.15, -0.1) is 0 Å². The van der Waals surface area contributed by atoms with Crippen LogP contribution in [-0.2, 0) is 0 Å². The minimum atomic E-state index is -0.0594. The summed E-state index contributed by atoms with van der Waals surface area (Å²) in [4.78, 5) is 0. The van der Waals surface area contributed by atoms with Crippen LogP contribution in [0.15, 0.2) is 174 Å². The zero-order chi connectivity index (χ0) is 33.2. The predicted molar refractivity (Wildman–Crippen MR) is 190 cm³/mol. The molecule has 1 heteroatoms. The van der Waals surface area contributed by atoms with Crippen LogP contribution >= 0.6 is 0 Å². The van der Waals surface area contributed by atoms with Crippen LogP contribution in [0.2, 0.25) is 0 Å². The first-order valence-electron chi connectivity index (χ1n) is 17.1. The van der Waals surface area contributed by atoms with Crippen molar-refractivity contribution in [3.05, 3.63) is 170 Å². The summed E-state index contributed by atoms with van der Waals surface area (Å²) in [5.41, 5.74) is 7.79.